The fraction of sp³-hybridized carbons (Fsp3) is 0.917. The van der Waals surface area contributed by atoms with Gasteiger partial charge in [0, 0.05) is 13.2 Å². The number of carbonyl (C=O) groups excluding carboxylic acids is 1. The molecule has 0 aliphatic carbocycles. The number of hydrogen-bond acceptors (Lipinski definition) is 3. The predicted octanol–water partition coefficient (Wildman–Crippen LogP) is 1.71. The Hall–Kier alpha value is -0.820. The quantitative estimate of drug-likeness (QED) is 0.634. The zero-order chi connectivity index (χ0) is 14.9. The van der Waals surface area contributed by atoms with Crippen molar-refractivity contribution in [2.24, 2.45) is 5.92 Å². The number of hydrogen-bond donors (Lipinski definition) is 2. The second-order valence-corrected chi connectivity index (χ2v) is 4.83. The first-order valence-electron chi connectivity index (χ1n) is 6.38. The summed E-state index contributed by atoms with van der Waals surface area (Å²) in [5, 5.41) is 4.68. The largest absolute Gasteiger partial charge is 0.405 e. The van der Waals surface area contributed by atoms with E-state index in [4.69, 9.17) is 4.74 Å². The highest BCUT2D eigenvalue weighted by Crippen LogP contribution is 2.12. The molecule has 0 spiro atoms. The van der Waals surface area contributed by atoms with Crippen LogP contribution in [0.5, 0.6) is 0 Å². The van der Waals surface area contributed by atoms with Crippen molar-refractivity contribution in [3.63, 3.8) is 0 Å². The lowest BCUT2D eigenvalue weighted by Gasteiger charge is -2.15. The summed E-state index contributed by atoms with van der Waals surface area (Å²) < 4.78 is 41.0. The Morgan fingerprint density at radius 2 is 1.89 bits per heavy atom. The van der Waals surface area contributed by atoms with Crippen LogP contribution in [0.15, 0.2) is 0 Å². The summed E-state index contributed by atoms with van der Waals surface area (Å²) >= 11 is 0. The minimum Gasteiger partial charge on any atom is -0.381 e. The van der Waals surface area contributed by atoms with E-state index >= 15 is 0 Å². The van der Waals surface area contributed by atoms with E-state index < -0.39 is 24.7 Å². The highest BCUT2D eigenvalue weighted by atomic mass is 19.4. The summed E-state index contributed by atoms with van der Waals surface area (Å²) in [4.78, 5) is 11.3. The third kappa shape index (κ3) is 12.0. The van der Waals surface area contributed by atoms with Gasteiger partial charge in [-0.1, -0.05) is 13.8 Å². The monoisotopic (exact) mass is 284 g/mol. The van der Waals surface area contributed by atoms with Crippen LogP contribution in [0, 0.1) is 5.92 Å². The lowest BCUT2D eigenvalue weighted by atomic mass is 10.2. The minimum absolute atomic E-state index is 0.472. The van der Waals surface area contributed by atoms with Gasteiger partial charge in [0.05, 0.1) is 6.04 Å². The molecule has 0 aromatic heterocycles. The summed E-state index contributed by atoms with van der Waals surface area (Å²) in [5.74, 6) is -0.180. The van der Waals surface area contributed by atoms with Gasteiger partial charge in [0.15, 0.2) is 0 Å². The molecular weight excluding hydrogens is 261 g/mol. The van der Waals surface area contributed by atoms with E-state index in [0.717, 1.165) is 0 Å². The zero-order valence-electron chi connectivity index (χ0n) is 11.6. The molecule has 1 amide bonds. The lowest BCUT2D eigenvalue weighted by molar-refractivity contribution is -0.139. The Morgan fingerprint density at radius 3 is 2.42 bits per heavy atom. The Labute approximate surface area is 112 Å². The predicted molar refractivity (Wildman–Crippen MR) is 66.8 cm³/mol. The molecule has 0 fully saturated rings. The van der Waals surface area contributed by atoms with Crippen molar-refractivity contribution in [2.75, 3.05) is 26.3 Å². The first-order chi connectivity index (χ1) is 8.72. The minimum atomic E-state index is -4.37. The Morgan fingerprint density at radius 1 is 1.26 bits per heavy atom. The maximum Gasteiger partial charge on any atom is 0.405 e. The summed E-state index contributed by atoms with van der Waals surface area (Å²) in [7, 11) is 0. The van der Waals surface area contributed by atoms with Gasteiger partial charge in [-0.15, -0.1) is 0 Å². The number of alkyl halides is 3. The summed E-state index contributed by atoms with van der Waals surface area (Å²) in [6.07, 6.45) is -3.66. The molecule has 0 aromatic rings. The van der Waals surface area contributed by atoms with E-state index in [1.165, 1.54) is 6.92 Å². The highest BCUT2D eigenvalue weighted by Gasteiger charge is 2.28. The second-order valence-electron chi connectivity index (χ2n) is 4.83. The third-order valence-electron chi connectivity index (χ3n) is 2.22. The maximum atomic E-state index is 11.9. The molecule has 0 saturated carbocycles. The summed E-state index contributed by atoms with van der Waals surface area (Å²) in [5.41, 5.74) is 0. The van der Waals surface area contributed by atoms with Gasteiger partial charge in [-0.25, -0.2) is 0 Å². The molecular formula is C12H23F3N2O2. The molecule has 19 heavy (non-hydrogen) atoms. The average Bonchev–Trinajstić information content (AvgIpc) is 2.28. The van der Waals surface area contributed by atoms with Crippen LogP contribution < -0.4 is 10.6 Å². The van der Waals surface area contributed by atoms with Crippen molar-refractivity contribution in [3.8, 4) is 0 Å². The van der Waals surface area contributed by atoms with Crippen molar-refractivity contribution >= 4 is 5.91 Å². The fourth-order valence-electron chi connectivity index (χ4n) is 1.24. The lowest BCUT2D eigenvalue weighted by Crippen LogP contribution is -2.45. The van der Waals surface area contributed by atoms with E-state index in [1.807, 2.05) is 19.2 Å². The molecule has 0 rings (SSSR count). The number of carbonyl (C=O) groups is 1. The van der Waals surface area contributed by atoms with Gasteiger partial charge >= 0.3 is 6.18 Å². The molecule has 4 nitrogen and oxygen atoms in total. The standard InChI is InChI=1S/C12H23F3N2O2/c1-9(2)7-19-6-4-5-16-10(3)11(18)17-8-12(13,14)15/h9-10,16H,4-8H2,1-3H3,(H,17,18). The number of ether oxygens (including phenoxy) is 1. The summed E-state index contributed by atoms with van der Waals surface area (Å²) in [6, 6.07) is -0.646. The molecule has 0 aliphatic heterocycles. The molecule has 1 unspecified atom stereocenters. The molecule has 0 aromatic carbocycles. The van der Waals surface area contributed by atoms with Crippen molar-refractivity contribution in [2.45, 2.75) is 39.4 Å². The average molecular weight is 284 g/mol. The molecule has 0 bridgehead atoms. The van der Waals surface area contributed by atoms with E-state index in [-0.39, 0.29) is 0 Å². The van der Waals surface area contributed by atoms with Crippen molar-refractivity contribution < 1.29 is 22.7 Å². The fourth-order valence-corrected chi connectivity index (χ4v) is 1.24. The van der Waals surface area contributed by atoms with Crippen LogP contribution in [0.2, 0.25) is 0 Å². The van der Waals surface area contributed by atoms with E-state index in [1.54, 1.807) is 0 Å². The normalized spacial score (nSPS) is 13.6. The molecule has 0 saturated heterocycles. The van der Waals surface area contributed by atoms with Crippen molar-refractivity contribution in [1.29, 1.82) is 0 Å². The van der Waals surface area contributed by atoms with Crippen LogP contribution in [0.4, 0.5) is 13.2 Å². The SMILES string of the molecule is CC(C)COCCCNC(C)C(=O)NCC(F)(F)F. The Kier molecular flexibility index (Phi) is 8.75. The third-order valence-corrected chi connectivity index (χ3v) is 2.22. The van der Waals surface area contributed by atoms with E-state index in [2.05, 4.69) is 5.32 Å². The van der Waals surface area contributed by atoms with Gasteiger partial charge in [-0.2, -0.15) is 13.2 Å². The van der Waals surface area contributed by atoms with Crippen molar-refractivity contribution in [3.05, 3.63) is 0 Å². The molecule has 0 heterocycles. The van der Waals surface area contributed by atoms with Gasteiger partial charge < -0.3 is 15.4 Å². The molecule has 7 heteroatoms. The molecule has 1 atom stereocenters. The van der Waals surface area contributed by atoms with Crippen LogP contribution >= 0.6 is 0 Å². The molecule has 0 aliphatic rings. The second kappa shape index (κ2) is 9.14. The van der Waals surface area contributed by atoms with Crippen molar-refractivity contribution in [1.82, 2.24) is 10.6 Å². The molecule has 2 N–H and O–H groups in total. The van der Waals surface area contributed by atoms with Crippen LogP contribution in [-0.2, 0) is 9.53 Å². The first kappa shape index (κ1) is 18.2. The topological polar surface area (TPSA) is 50.4 Å². The highest BCUT2D eigenvalue weighted by molar-refractivity contribution is 5.81. The number of rotatable bonds is 9. The summed E-state index contributed by atoms with van der Waals surface area (Å²) in [6.45, 7) is 6.11. The van der Waals surface area contributed by atoms with Gasteiger partial charge in [-0.05, 0) is 25.8 Å². The van der Waals surface area contributed by atoms with Gasteiger partial charge in [0.2, 0.25) is 5.91 Å². The molecule has 0 radical (unpaired) electrons. The Bertz CT molecular complexity index is 258. The van der Waals surface area contributed by atoms with Gasteiger partial charge in [-0.3, -0.25) is 4.79 Å². The van der Waals surface area contributed by atoms with Gasteiger partial charge in [0.25, 0.3) is 0 Å². The Balaban J connectivity index is 3.57. The smallest absolute Gasteiger partial charge is 0.381 e. The van der Waals surface area contributed by atoms with E-state index in [0.29, 0.717) is 32.1 Å². The number of amides is 1. The molecule has 114 valence electrons. The first-order valence-corrected chi connectivity index (χ1v) is 6.38. The number of halogens is 3. The van der Waals surface area contributed by atoms with Gasteiger partial charge in [0.1, 0.15) is 6.54 Å². The zero-order valence-corrected chi connectivity index (χ0v) is 11.6. The van der Waals surface area contributed by atoms with Crippen LogP contribution in [-0.4, -0.2) is 44.4 Å². The van der Waals surface area contributed by atoms with E-state index in [9.17, 15) is 18.0 Å². The van der Waals surface area contributed by atoms with Crippen LogP contribution in [0.3, 0.4) is 0 Å². The van der Waals surface area contributed by atoms with Crippen LogP contribution in [0.25, 0.3) is 0 Å². The number of nitrogens with one attached hydrogen (secondary N) is 2. The maximum absolute atomic E-state index is 11.9. The van der Waals surface area contributed by atoms with Crippen LogP contribution in [0.1, 0.15) is 27.2 Å².